The van der Waals surface area contributed by atoms with E-state index in [0.717, 1.165) is 48.5 Å². The van der Waals surface area contributed by atoms with Gasteiger partial charge in [0, 0.05) is 18.5 Å². The van der Waals surface area contributed by atoms with Crippen LogP contribution in [0.25, 0.3) is 10.9 Å². The van der Waals surface area contributed by atoms with E-state index < -0.39 is 5.54 Å². The van der Waals surface area contributed by atoms with Gasteiger partial charge in [-0.2, -0.15) is 5.10 Å². The Morgan fingerprint density at radius 2 is 2.05 bits per heavy atom. The van der Waals surface area contributed by atoms with Crippen LogP contribution in [0.5, 0.6) is 0 Å². The van der Waals surface area contributed by atoms with Gasteiger partial charge in [-0.1, -0.05) is 18.2 Å². The Labute approximate surface area is 130 Å². The molecule has 120 valence electrons. The van der Waals surface area contributed by atoms with Gasteiger partial charge in [-0.05, 0) is 26.3 Å². The monoisotopic (exact) mass is 304 g/mol. The van der Waals surface area contributed by atoms with Crippen molar-refractivity contribution in [1.82, 2.24) is 20.8 Å². The van der Waals surface area contributed by atoms with Gasteiger partial charge in [0.15, 0.2) is 0 Å². The van der Waals surface area contributed by atoms with Crippen molar-refractivity contribution >= 4 is 17.3 Å². The Balaban J connectivity index is 0.000000246. The van der Waals surface area contributed by atoms with Gasteiger partial charge in [0.25, 0.3) is 0 Å². The fourth-order valence-electron chi connectivity index (χ4n) is 2.39. The van der Waals surface area contributed by atoms with Crippen LogP contribution in [0.4, 0.5) is 0 Å². The summed E-state index contributed by atoms with van der Waals surface area (Å²) in [4.78, 5) is 10.6. The van der Waals surface area contributed by atoms with Gasteiger partial charge in [-0.3, -0.25) is 9.89 Å². The number of benzene rings is 1. The summed E-state index contributed by atoms with van der Waals surface area (Å²) in [6, 6.07) is 6.02. The SMILES string of the molecule is C1COCCN1.Cc1cccc2c(C(C)(C)NC=O)[nH]nc12. The Bertz CT molecular complexity index is 606. The molecule has 3 rings (SSSR count). The third-order valence-electron chi connectivity index (χ3n) is 3.68. The Kier molecular flexibility index (Phi) is 5.51. The maximum Gasteiger partial charge on any atom is 0.207 e. The van der Waals surface area contributed by atoms with Crippen LogP contribution >= 0.6 is 0 Å². The molecule has 1 aromatic carbocycles. The molecule has 1 fully saturated rings. The number of aryl methyl sites for hydroxylation is 1. The van der Waals surface area contributed by atoms with E-state index in [4.69, 9.17) is 4.74 Å². The molecule has 6 heteroatoms. The Morgan fingerprint density at radius 3 is 2.59 bits per heavy atom. The average molecular weight is 304 g/mol. The fourth-order valence-corrected chi connectivity index (χ4v) is 2.39. The number of nitrogens with one attached hydrogen (secondary N) is 3. The molecule has 2 heterocycles. The Hall–Kier alpha value is -1.92. The lowest BCUT2D eigenvalue weighted by Crippen LogP contribution is -2.35. The highest BCUT2D eigenvalue weighted by atomic mass is 16.5. The first-order chi connectivity index (χ1) is 10.6. The molecule has 1 aliphatic heterocycles. The quantitative estimate of drug-likeness (QED) is 0.750. The molecular formula is C16H24N4O2. The van der Waals surface area contributed by atoms with Crippen LogP contribution in [0.3, 0.4) is 0 Å². The van der Waals surface area contributed by atoms with Gasteiger partial charge in [-0.15, -0.1) is 0 Å². The number of para-hydroxylation sites is 1. The molecule has 0 spiro atoms. The number of rotatable bonds is 3. The molecule has 1 saturated heterocycles. The minimum Gasteiger partial charge on any atom is -0.379 e. The van der Waals surface area contributed by atoms with Gasteiger partial charge in [0.1, 0.15) is 0 Å². The summed E-state index contributed by atoms with van der Waals surface area (Å²) in [6.45, 7) is 9.74. The number of aromatic amines is 1. The number of fused-ring (bicyclic) bond motifs is 1. The summed E-state index contributed by atoms with van der Waals surface area (Å²) in [5.74, 6) is 0. The van der Waals surface area contributed by atoms with Crippen LogP contribution in [0.2, 0.25) is 0 Å². The zero-order valence-corrected chi connectivity index (χ0v) is 13.4. The summed E-state index contributed by atoms with van der Waals surface area (Å²) in [6.07, 6.45) is 0.711. The number of H-pyrrole nitrogens is 1. The van der Waals surface area contributed by atoms with Crippen LogP contribution in [-0.4, -0.2) is 42.9 Å². The lowest BCUT2D eigenvalue weighted by molar-refractivity contribution is -0.111. The molecule has 2 aromatic rings. The molecular weight excluding hydrogens is 280 g/mol. The van der Waals surface area contributed by atoms with Crippen molar-refractivity contribution in [2.75, 3.05) is 26.3 Å². The van der Waals surface area contributed by atoms with Gasteiger partial charge in [0.05, 0.1) is 30.0 Å². The third kappa shape index (κ3) is 3.84. The average Bonchev–Trinajstić information content (AvgIpc) is 2.96. The van der Waals surface area contributed by atoms with Crippen molar-refractivity contribution in [1.29, 1.82) is 0 Å². The lowest BCUT2D eigenvalue weighted by Gasteiger charge is -2.22. The molecule has 1 aromatic heterocycles. The predicted molar refractivity (Wildman–Crippen MR) is 86.7 cm³/mol. The van der Waals surface area contributed by atoms with Crippen molar-refractivity contribution < 1.29 is 9.53 Å². The molecule has 6 nitrogen and oxygen atoms in total. The summed E-state index contributed by atoms with van der Waals surface area (Å²) in [5, 5.41) is 14.3. The molecule has 0 saturated carbocycles. The number of morpholine rings is 1. The van der Waals surface area contributed by atoms with Crippen LogP contribution in [0.1, 0.15) is 25.1 Å². The standard InChI is InChI=1S/C12H15N3O.C4H9NO/c1-8-5-4-6-9-10(8)14-15-11(9)12(2,3)13-7-16;1-3-6-4-2-5-1/h4-7H,1-3H3,(H,13,16)(H,14,15);5H,1-4H2. The molecule has 0 atom stereocenters. The van der Waals surface area contributed by atoms with Gasteiger partial charge in [0.2, 0.25) is 6.41 Å². The molecule has 0 bridgehead atoms. The number of nitrogens with zero attached hydrogens (tertiary/aromatic N) is 1. The normalized spacial score (nSPS) is 15.0. The zero-order chi connectivity index (χ0) is 16.0. The van der Waals surface area contributed by atoms with E-state index in [2.05, 4.69) is 20.8 Å². The van der Waals surface area contributed by atoms with E-state index in [0.29, 0.717) is 6.41 Å². The van der Waals surface area contributed by atoms with E-state index in [1.54, 1.807) is 0 Å². The third-order valence-corrected chi connectivity index (χ3v) is 3.68. The summed E-state index contributed by atoms with van der Waals surface area (Å²) in [5.41, 5.74) is 2.57. The van der Waals surface area contributed by atoms with Gasteiger partial charge < -0.3 is 15.4 Å². The number of hydrogen-bond acceptors (Lipinski definition) is 4. The fraction of sp³-hybridized carbons (Fsp3) is 0.500. The number of carbonyl (C=O) groups is 1. The van der Waals surface area contributed by atoms with Crippen molar-refractivity contribution in [3.8, 4) is 0 Å². The second kappa shape index (κ2) is 7.38. The smallest absolute Gasteiger partial charge is 0.207 e. The van der Waals surface area contributed by atoms with Crippen molar-refractivity contribution in [2.45, 2.75) is 26.3 Å². The number of hydrogen-bond donors (Lipinski definition) is 3. The predicted octanol–water partition coefficient (Wildman–Crippen LogP) is 1.46. The van der Waals surface area contributed by atoms with Crippen molar-refractivity contribution in [2.24, 2.45) is 0 Å². The highest BCUT2D eigenvalue weighted by molar-refractivity contribution is 5.85. The van der Waals surface area contributed by atoms with Crippen LogP contribution in [-0.2, 0) is 15.1 Å². The van der Waals surface area contributed by atoms with Crippen molar-refractivity contribution in [3.05, 3.63) is 29.5 Å². The summed E-state index contributed by atoms with van der Waals surface area (Å²) >= 11 is 0. The van der Waals surface area contributed by atoms with Gasteiger partial charge >= 0.3 is 0 Å². The van der Waals surface area contributed by atoms with E-state index in [1.165, 1.54) is 0 Å². The first-order valence-corrected chi connectivity index (χ1v) is 7.50. The summed E-state index contributed by atoms with van der Waals surface area (Å²) in [7, 11) is 0. The minimum atomic E-state index is -0.440. The largest absolute Gasteiger partial charge is 0.379 e. The van der Waals surface area contributed by atoms with Crippen molar-refractivity contribution in [3.63, 3.8) is 0 Å². The second-order valence-corrected chi connectivity index (χ2v) is 5.82. The molecule has 0 radical (unpaired) electrons. The number of aromatic nitrogens is 2. The maximum atomic E-state index is 10.6. The first-order valence-electron chi connectivity index (χ1n) is 7.50. The lowest BCUT2D eigenvalue weighted by atomic mass is 9.97. The molecule has 0 unspecified atom stereocenters. The topological polar surface area (TPSA) is 79.0 Å². The highest BCUT2D eigenvalue weighted by Gasteiger charge is 2.24. The maximum absolute atomic E-state index is 10.6. The molecule has 22 heavy (non-hydrogen) atoms. The first kappa shape index (κ1) is 16.5. The van der Waals surface area contributed by atoms with Crippen LogP contribution < -0.4 is 10.6 Å². The Morgan fingerprint density at radius 1 is 1.32 bits per heavy atom. The molecule has 0 aliphatic carbocycles. The summed E-state index contributed by atoms with van der Waals surface area (Å²) < 4.78 is 5.01. The van der Waals surface area contributed by atoms with E-state index >= 15 is 0 Å². The number of ether oxygens (including phenoxy) is 1. The molecule has 3 N–H and O–H groups in total. The number of carbonyl (C=O) groups excluding carboxylic acids is 1. The second-order valence-electron chi connectivity index (χ2n) is 5.82. The van der Waals surface area contributed by atoms with Crippen LogP contribution in [0, 0.1) is 6.92 Å². The van der Waals surface area contributed by atoms with E-state index in [1.807, 2.05) is 39.0 Å². The molecule has 1 amide bonds. The van der Waals surface area contributed by atoms with E-state index in [9.17, 15) is 4.79 Å². The highest BCUT2D eigenvalue weighted by Crippen LogP contribution is 2.27. The van der Waals surface area contributed by atoms with Crippen LogP contribution in [0.15, 0.2) is 18.2 Å². The molecule has 1 aliphatic rings. The minimum absolute atomic E-state index is 0.440. The van der Waals surface area contributed by atoms with Gasteiger partial charge in [-0.25, -0.2) is 0 Å². The zero-order valence-electron chi connectivity index (χ0n) is 13.4. The number of amides is 1. The van der Waals surface area contributed by atoms with E-state index in [-0.39, 0.29) is 0 Å².